The standard InChI is InChI=1S/C10H18N2O/c1-7-6-9(8(7)2)12-5-3-4-11-10(12)13/h7-9H,3-6H2,1-2H3,(H,11,13). The number of carbonyl (C=O) groups is 1. The van der Waals surface area contributed by atoms with E-state index >= 15 is 0 Å². The highest BCUT2D eigenvalue weighted by Gasteiger charge is 2.40. The summed E-state index contributed by atoms with van der Waals surface area (Å²) in [5.41, 5.74) is 0. The van der Waals surface area contributed by atoms with Gasteiger partial charge in [-0.3, -0.25) is 0 Å². The highest BCUT2D eigenvalue weighted by Crippen LogP contribution is 2.37. The second kappa shape index (κ2) is 3.20. The van der Waals surface area contributed by atoms with Crippen LogP contribution in [0.2, 0.25) is 0 Å². The molecule has 1 saturated carbocycles. The van der Waals surface area contributed by atoms with Gasteiger partial charge in [0, 0.05) is 19.1 Å². The monoisotopic (exact) mass is 182 g/mol. The van der Waals surface area contributed by atoms with Crippen LogP contribution in [0.1, 0.15) is 26.7 Å². The maximum atomic E-state index is 11.5. The topological polar surface area (TPSA) is 32.3 Å². The Kier molecular flexibility index (Phi) is 2.18. The van der Waals surface area contributed by atoms with Crippen LogP contribution in [0.3, 0.4) is 0 Å². The minimum atomic E-state index is 0.148. The number of amides is 2. The molecule has 13 heavy (non-hydrogen) atoms. The lowest BCUT2D eigenvalue weighted by Crippen LogP contribution is -2.58. The summed E-state index contributed by atoms with van der Waals surface area (Å²) in [5.74, 6) is 1.48. The molecule has 3 heteroatoms. The molecule has 3 atom stereocenters. The van der Waals surface area contributed by atoms with Gasteiger partial charge in [-0.15, -0.1) is 0 Å². The zero-order valence-electron chi connectivity index (χ0n) is 8.42. The van der Waals surface area contributed by atoms with E-state index in [1.807, 2.05) is 4.90 Å². The number of urea groups is 1. The van der Waals surface area contributed by atoms with Gasteiger partial charge in [0.25, 0.3) is 0 Å². The molecule has 74 valence electrons. The summed E-state index contributed by atoms with van der Waals surface area (Å²) >= 11 is 0. The van der Waals surface area contributed by atoms with Crippen LogP contribution in [0.25, 0.3) is 0 Å². The van der Waals surface area contributed by atoms with Crippen LogP contribution in [-0.4, -0.2) is 30.1 Å². The fourth-order valence-corrected chi connectivity index (χ4v) is 2.37. The Balaban J connectivity index is 1.96. The maximum Gasteiger partial charge on any atom is 0.317 e. The third kappa shape index (κ3) is 1.40. The van der Waals surface area contributed by atoms with Gasteiger partial charge in [0.15, 0.2) is 0 Å². The van der Waals surface area contributed by atoms with Crippen molar-refractivity contribution in [2.75, 3.05) is 13.1 Å². The predicted octanol–water partition coefficient (Wildman–Crippen LogP) is 1.45. The largest absolute Gasteiger partial charge is 0.338 e. The summed E-state index contributed by atoms with van der Waals surface area (Å²) < 4.78 is 0. The summed E-state index contributed by atoms with van der Waals surface area (Å²) in [6.07, 6.45) is 2.29. The molecule has 0 aromatic rings. The van der Waals surface area contributed by atoms with Gasteiger partial charge in [0.1, 0.15) is 0 Å². The van der Waals surface area contributed by atoms with Crippen molar-refractivity contribution in [3.05, 3.63) is 0 Å². The summed E-state index contributed by atoms with van der Waals surface area (Å²) in [5, 5.41) is 2.90. The normalized spacial score (nSPS) is 39.7. The van der Waals surface area contributed by atoms with Crippen LogP contribution < -0.4 is 5.32 Å². The Morgan fingerprint density at radius 2 is 2.23 bits per heavy atom. The molecule has 1 aliphatic heterocycles. The third-order valence-electron chi connectivity index (χ3n) is 3.63. The fraction of sp³-hybridized carbons (Fsp3) is 0.900. The first-order valence-corrected chi connectivity index (χ1v) is 5.24. The lowest BCUT2D eigenvalue weighted by atomic mass is 9.70. The van der Waals surface area contributed by atoms with E-state index in [2.05, 4.69) is 19.2 Å². The summed E-state index contributed by atoms with van der Waals surface area (Å²) in [7, 11) is 0. The highest BCUT2D eigenvalue weighted by molar-refractivity contribution is 5.75. The van der Waals surface area contributed by atoms with Crippen molar-refractivity contribution in [3.63, 3.8) is 0 Å². The van der Waals surface area contributed by atoms with Crippen molar-refractivity contribution in [1.82, 2.24) is 10.2 Å². The Labute approximate surface area is 79.5 Å². The minimum absolute atomic E-state index is 0.148. The smallest absolute Gasteiger partial charge is 0.317 e. The Morgan fingerprint density at radius 3 is 2.77 bits per heavy atom. The SMILES string of the molecule is CC1CC(N2CCCNC2=O)C1C. The fourth-order valence-electron chi connectivity index (χ4n) is 2.37. The quantitative estimate of drug-likeness (QED) is 0.654. The zero-order valence-corrected chi connectivity index (χ0v) is 8.42. The van der Waals surface area contributed by atoms with E-state index in [0.29, 0.717) is 12.0 Å². The van der Waals surface area contributed by atoms with Gasteiger partial charge in [-0.05, 0) is 24.7 Å². The number of nitrogens with one attached hydrogen (secondary N) is 1. The molecule has 0 bridgehead atoms. The van der Waals surface area contributed by atoms with Crippen molar-refractivity contribution in [2.45, 2.75) is 32.7 Å². The van der Waals surface area contributed by atoms with Gasteiger partial charge in [-0.1, -0.05) is 13.8 Å². The number of carbonyl (C=O) groups excluding carboxylic acids is 1. The molecule has 0 aromatic heterocycles. The van der Waals surface area contributed by atoms with E-state index in [-0.39, 0.29) is 6.03 Å². The van der Waals surface area contributed by atoms with Gasteiger partial charge in [-0.25, -0.2) is 4.79 Å². The minimum Gasteiger partial charge on any atom is -0.338 e. The van der Waals surface area contributed by atoms with Crippen molar-refractivity contribution in [2.24, 2.45) is 11.8 Å². The summed E-state index contributed by atoms with van der Waals surface area (Å²) in [6.45, 7) is 6.32. The average Bonchev–Trinajstić information content (AvgIpc) is 2.15. The van der Waals surface area contributed by atoms with Crippen LogP contribution in [0, 0.1) is 11.8 Å². The highest BCUT2D eigenvalue weighted by atomic mass is 16.2. The molecule has 2 amide bonds. The zero-order chi connectivity index (χ0) is 9.42. The summed E-state index contributed by atoms with van der Waals surface area (Å²) in [6, 6.07) is 0.658. The Bertz CT molecular complexity index is 217. The van der Waals surface area contributed by atoms with E-state index in [4.69, 9.17) is 0 Å². The molecule has 0 radical (unpaired) electrons. The van der Waals surface area contributed by atoms with Crippen molar-refractivity contribution >= 4 is 6.03 Å². The molecule has 2 rings (SSSR count). The van der Waals surface area contributed by atoms with E-state index in [1.165, 1.54) is 6.42 Å². The first kappa shape index (κ1) is 8.85. The molecule has 2 aliphatic rings. The van der Waals surface area contributed by atoms with Crippen LogP contribution in [0.4, 0.5) is 4.79 Å². The molecule has 1 N–H and O–H groups in total. The Hall–Kier alpha value is -0.730. The van der Waals surface area contributed by atoms with Gasteiger partial charge in [0.2, 0.25) is 0 Å². The predicted molar refractivity (Wildman–Crippen MR) is 51.5 cm³/mol. The van der Waals surface area contributed by atoms with E-state index in [9.17, 15) is 4.79 Å². The molecule has 3 unspecified atom stereocenters. The lowest BCUT2D eigenvalue weighted by Gasteiger charge is -2.48. The number of hydrogen-bond acceptors (Lipinski definition) is 1. The van der Waals surface area contributed by atoms with Crippen LogP contribution in [-0.2, 0) is 0 Å². The molecule has 1 heterocycles. The van der Waals surface area contributed by atoms with Gasteiger partial charge in [-0.2, -0.15) is 0 Å². The first-order valence-electron chi connectivity index (χ1n) is 5.24. The maximum absolute atomic E-state index is 11.5. The van der Waals surface area contributed by atoms with Crippen molar-refractivity contribution in [3.8, 4) is 0 Å². The second-order valence-electron chi connectivity index (χ2n) is 4.42. The third-order valence-corrected chi connectivity index (χ3v) is 3.63. The number of nitrogens with zero attached hydrogens (tertiary/aromatic N) is 1. The van der Waals surface area contributed by atoms with E-state index in [0.717, 1.165) is 25.4 Å². The van der Waals surface area contributed by atoms with Crippen molar-refractivity contribution < 1.29 is 4.79 Å². The van der Waals surface area contributed by atoms with E-state index < -0.39 is 0 Å². The molecule has 0 spiro atoms. The first-order chi connectivity index (χ1) is 6.20. The molecule has 1 aliphatic carbocycles. The van der Waals surface area contributed by atoms with Crippen LogP contribution >= 0.6 is 0 Å². The van der Waals surface area contributed by atoms with Crippen LogP contribution in [0.5, 0.6) is 0 Å². The van der Waals surface area contributed by atoms with Crippen molar-refractivity contribution in [1.29, 1.82) is 0 Å². The Morgan fingerprint density at radius 1 is 1.46 bits per heavy atom. The molecule has 0 aromatic carbocycles. The molecule has 3 nitrogen and oxygen atoms in total. The molecule has 1 saturated heterocycles. The molecular weight excluding hydrogens is 164 g/mol. The second-order valence-corrected chi connectivity index (χ2v) is 4.42. The number of hydrogen-bond donors (Lipinski definition) is 1. The summed E-state index contributed by atoms with van der Waals surface area (Å²) in [4.78, 5) is 13.5. The lowest BCUT2D eigenvalue weighted by molar-refractivity contribution is 0.0395. The van der Waals surface area contributed by atoms with Gasteiger partial charge >= 0.3 is 6.03 Å². The van der Waals surface area contributed by atoms with Gasteiger partial charge < -0.3 is 10.2 Å². The van der Waals surface area contributed by atoms with Crippen LogP contribution in [0.15, 0.2) is 0 Å². The molecular formula is C10H18N2O. The van der Waals surface area contributed by atoms with Gasteiger partial charge in [0.05, 0.1) is 0 Å². The average molecular weight is 182 g/mol. The van der Waals surface area contributed by atoms with E-state index in [1.54, 1.807) is 0 Å². The molecule has 2 fully saturated rings. The number of rotatable bonds is 1.